The van der Waals surface area contributed by atoms with Crippen molar-refractivity contribution in [3.8, 4) is 11.8 Å². The molecule has 0 unspecified atom stereocenters. The summed E-state index contributed by atoms with van der Waals surface area (Å²) in [6, 6.07) is 0. The molecule has 0 saturated carbocycles. The van der Waals surface area contributed by atoms with Gasteiger partial charge in [-0.1, -0.05) is 0 Å². The van der Waals surface area contributed by atoms with Gasteiger partial charge in [0.25, 0.3) is 0 Å². The zero-order valence-corrected chi connectivity index (χ0v) is 17.0. The van der Waals surface area contributed by atoms with Gasteiger partial charge in [-0.3, -0.25) is 0 Å². The third-order valence-electron chi connectivity index (χ3n) is 3.86. The molecule has 0 atom stereocenters. The number of hydrogen-bond donors (Lipinski definition) is 0. The van der Waals surface area contributed by atoms with Crippen molar-refractivity contribution in [2.75, 3.05) is 0 Å². The predicted molar refractivity (Wildman–Crippen MR) is 92.1 cm³/mol. The Hall–Kier alpha value is 0.858. The molecule has 0 rings (SSSR count). The van der Waals surface area contributed by atoms with Crippen LogP contribution in [0.5, 0.6) is 0 Å². The van der Waals surface area contributed by atoms with Crippen LogP contribution >= 0.6 is 12.6 Å². The van der Waals surface area contributed by atoms with Crippen LogP contribution in [0.2, 0.25) is 17.5 Å². The monoisotopic (exact) mass is 424 g/mol. The average Bonchev–Trinajstić information content (AvgIpc) is 2.40. The van der Waals surface area contributed by atoms with Crippen LogP contribution in [0.25, 0.3) is 0 Å². The molecule has 18 heavy (non-hydrogen) atoms. The number of unbranched alkanes of at least 4 members (excludes halogenated alkanes) is 3. The summed E-state index contributed by atoms with van der Waals surface area (Å²) in [5, 5.41) is 0. The van der Waals surface area contributed by atoms with Crippen LogP contribution in [0.3, 0.4) is 0 Å². The van der Waals surface area contributed by atoms with E-state index in [0.29, 0.717) is 0 Å². The van der Waals surface area contributed by atoms with E-state index in [-0.39, 0.29) is 0 Å². The Morgan fingerprint density at radius 1 is 0.833 bits per heavy atom. The molecule has 0 spiro atoms. The van der Waals surface area contributed by atoms with Crippen LogP contribution in [-0.4, -0.2) is 15.1 Å². The van der Waals surface area contributed by atoms with Crippen LogP contribution in [0, 0.1) is 11.8 Å². The quantitative estimate of drug-likeness (QED) is 0.269. The van der Waals surface area contributed by atoms with Crippen molar-refractivity contribution in [2.24, 2.45) is 0 Å². The van der Waals surface area contributed by atoms with Crippen LogP contribution in [0.1, 0.15) is 66.2 Å². The molecule has 0 fully saturated rings. The van der Waals surface area contributed by atoms with Crippen LogP contribution < -0.4 is 0 Å². The Labute approximate surface area is 122 Å². The molecule has 108 valence electrons. The van der Waals surface area contributed by atoms with Gasteiger partial charge < -0.3 is 0 Å². The van der Waals surface area contributed by atoms with Gasteiger partial charge in [0, 0.05) is 0 Å². The maximum absolute atomic E-state index is 4.40. The van der Waals surface area contributed by atoms with E-state index < -0.39 is 15.1 Å². The summed E-state index contributed by atoms with van der Waals surface area (Å²) in [5.74, 6) is 6.60. The Balaban J connectivity index is 4.98. The molecular formula is C16H32BrSb. The summed E-state index contributed by atoms with van der Waals surface area (Å²) >= 11 is 1.79. The standard InChI is InChI=1S/3C4H9.C4H5.BrH.Sb/c4*1-3-4-2;;/h3*1,3-4H2,2H3;1H2,2H3;1H;/q;;;;;+1/p-1. The normalized spacial score (nSPS) is 13.5. The topological polar surface area (TPSA) is 0 Å². The van der Waals surface area contributed by atoms with E-state index >= 15 is 0 Å². The van der Waals surface area contributed by atoms with Gasteiger partial charge in [-0.2, -0.15) is 0 Å². The van der Waals surface area contributed by atoms with Crippen molar-refractivity contribution in [2.45, 2.75) is 83.7 Å². The van der Waals surface area contributed by atoms with Crippen molar-refractivity contribution in [1.82, 2.24) is 0 Å². The van der Waals surface area contributed by atoms with Gasteiger partial charge in [-0.25, -0.2) is 0 Å². The van der Waals surface area contributed by atoms with Crippen molar-refractivity contribution >= 4 is 27.7 Å². The summed E-state index contributed by atoms with van der Waals surface area (Å²) in [6.45, 7) is 8.94. The fourth-order valence-electron chi connectivity index (χ4n) is 2.51. The van der Waals surface area contributed by atoms with E-state index in [1.165, 1.54) is 56.0 Å². The second kappa shape index (κ2) is 9.71. The summed E-state index contributed by atoms with van der Waals surface area (Å²) in [7, 11) is 0. The molecule has 0 aliphatic heterocycles. The average molecular weight is 426 g/mol. The zero-order valence-electron chi connectivity index (χ0n) is 12.9. The Kier molecular flexibility index (Phi) is 10.2. The zero-order chi connectivity index (χ0) is 13.9. The van der Waals surface area contributed by atoms with Gasteiger partial charge in [0.15, 0.2) is 0 Å². The van der Waals surface area contributed by atoms with Crippen LogP contribution in [0.4, 0.5) is 0 Å². The molecule has 0 N–H and O–H groups in total. The molecule has 0 aromatic heterocycles. The molecule has 0 saturated heterocycles. The first-order valence-electron chi connectivity index (χ1n) is 7.66. The first kappa shape index (κ1) is 18.9. The third-order valence-corrected chi connectivity index (χ3v) is 27.7. The molecule has 0 bridgehead atoms. The van der Waals surface area contributed by atoms with E-state index in [4.69, 9.17) is 0 Å². The van der Waals surface area contributed by atoms with Crippen molar-refractivity contribution in [3.63, 3.8) is 0 Å². The second-order valence-electron chi connectivity index (χ2n) is 5.64. The Bertz CT molecular complexity index is 250. The number of halogens is 1. The molecule has 0 heterocycles. The maximum atomic E-state index is 4.40. The predicted octanol–water partition coefficient (Wildman–Crippen LogP) is 6.70. The van der Waals surface area contributed by atoms with Crippen molar-refractivity contribution < 1.29 is 0 Å². The minimum absolute atomic E-state index is 1.21. The van der Waals surface area contributed by atoms with Crippen LogP contribution in [-0.2, 0) is 0 Å². The van der Waals surface area contributed by atoms with Gasteiger partial charge in [-0.15, -0.1) is 0 Å². The fraction of sp³-hybridized carbons (Fsp3) is 0.875. The Morgan fingerprint density at radius 2 is 1.22 bits per heavy atom. The van der Waals surface area contributed by atoms with E-state index in [1.54, 1.807) is 0 Å². The summed E-state index contributed by atoms with van der Waals surface area (Å²) in [6.07, 6.45) is 8.16. The minimum atomic E-state index is -2.61. The molecule has 2 heteroatoms. The second-order valence-corrected chi connectivity index (χ2v) is 34.2. The van der Waals surface area contributed by atoms with Gasteiger partial charge >= 0.3 is 123 Å². The van der Waals surface area contributed by atoms with E-state index in [9.17, 15) is 0 Å². The molecule has 0 amide bonds. The van der Waals surface area contributed by atoms with Gasteiger partial charge in [0.2, 0.25) is 0 Å². The fourth-order valence-corrected chi connectivity index (χ4v) is 22.7. The molecule has 0 aromatic carbocycles. The molecule has 0 nitrogen and oxygen atoms in total. The summed E-state index contributed by atoms with van der Waals surface area (Å²) in [5.41, 5.74) is 0. The van der Waals surface area contributed by atoms with Crippen LogP contribution in [0.15, 0.2) is 0 Å². The SMILES string of the molecule is CC#C[CH2][Sb]([Br])([CH2]CCC)([CH2]CCC)[CH2]CCC. The first-order chi connectivity index (χ1) is 8.54. The van der Waals surface area contributed by atoms with Crippen molar-refractivity contribution in [1.29, 1.82) is 0 Å². The molecule has 0 radical (unpaired) electrons. The van der Waals surface area contributed by atoms with Gasteiger partial charge in [0.05, 0.1) is 0 Å². The van der Waals surface area contributed by atoms with Gasteiger partial charge in [-0.05, 0) is 0 Å². The number of hydrogen-bond acceptors (Lipinski definition) is 0. The first-order valence-corrected chi connectivity index (χ1v) is 20.6. The van der Waals surface area contributed by atoms with Gasteiger partial charge in [0.1, 0.15) is 0 Å². The number of rotatable bonds is 10. The Morgan fingerprint density at radius 3 is 1.50 bits per heavy atom. The summed E-state index contributed by atoms with van der Waals surface area (Å²) in [4.78, 5) is 0. The van der Waals surface area contributed by atoms with E-state index in [1.807, 2.05) is 6.92 Å². The van der Waals surface area contributed by atoms with Crippen molar-refractivity contribution in [3.05, 3.63) is 0 Å². The third kappa shape index (κ3) is 6.86. The van der Waals surface area contributed by atoms with E-state index in [0.717, 1.165) is 0 Å². The molecule has 0 aromatic rings. The van der Waals surface area contributed by atoms with E-state index in [2.05, 4.69) is 45.2 Å². The molecule has 0 aliphatic rings. The summed E-state index contributed by atoms with van der Waals surface area (Å²) < 4.78 is 5.62. The molecule has 0 aliphatic carbocycles. The molecular weight excluding hydrogens is 394 g/mol.